The number of aromatic nitrogens is 3. The predicted molar refractivity (Wildman–Crippen MR) is 52.8 cm³/mol. The smallest absolute Gasteiger partial charge is 0.304 e. The molecular weight excluding hydrogens is 166 g/mol. The van der Waals surface area contributed by atoms with Gasteiger partial charge in [-0.2, -0.15) is 0 Å². The summed E-state index contributed by atoms with van der Waals surface area (Å²) >= 11 is 0. The highest BCUT2D eigenvalue weighted by Gasteiger charge is 1.96. The average Bonchev–Trinajstić information content (AvgIpc) is 2.48. The Hall–Kier alpha value is -1.58. The molecule has 2 aromatic heterocycles. The molecule has 13 heavy (non-hydrogen) atoms. The third kappa shape index (κ3) is 1.96. The molecule has 4 nitrogen and oxygen atoms in total. The topological polar surface area (TPSA) is 61.5 Å². The molecule has 0 aliphatic rings. The minimum atomic E-state index is -0.210. The van der Waals surface area contributed by atoms with Gasteiger partial charge in [0, 0.05) is 6.20 Å². The van der Waals surface area contributed by atoms with E-state index in [-0.39, 0.29) is 5.69 Å². The highest BCUT2D eigenvalue weighted by Crippen LogP contribution is 2.04. The zero-order valence-corrected chi connectivity index (χ0v) is 8.01. The molecule has 2 heterocycles. The molecule has 0 fully saturated rings. The molecular formula is C9H13N3O. The molecule has 0 atom stereocenters. The van der Waals surface area contributed by atoms with E-state index in [1.165, 1.54) is 0 Å². The number of rotatable bonds is 0. The Morgan fingerprint density at radius 3 is 2.69 bits per heavy atom. The van der Waals surface area contributed by atoms with Crippen LogP contribution in [0.2, 0.25) is 0 Å². The van der Waals surface area contributed by atoms with Gasteiger partial charge in [-0.1, -0.05) is 13.8 Å². The van der Waals surface area contributed by atoms with Crippen molar-refractivity contribution in [1.82, 2.24) is 15.0 Å². The summed E-state index contributed by atoms with van der Waals surface area (Å²) in [5, 5.41) is 0. The van der Waals surface area contributed by atoms with Gasteiger partial charge in [-0.15, -0.1) is 0 Å². The summed E-state index contributed by atoms with van der Waals surface area (Å²) in [6.07, 6.45) is 1.71. The molecule has 2 N–H and O–H groups in total. The molecule has 70 valence electrons. The summed E-state index contributed by atoms with van der Waals surface area (Å²) in [6, 6.07) is 1.88. The Kier molecular flexibility index (Phi) is 2.84. The third-order valence-electron chi connectivity index (χ3n) is 1.50. The van der Waals surface area contributed by atoms with Gasteiger partial charge in [0.1, 0.15) is 0 Å². The predicted octanol–water partition coefficient (Wildman–Crippen LogP) is 1.59. The normalized spacial score (nSPS) is 9.46. The van der Waals surface area contributed by atoms with Crippen molar-refractivity contribution in [1.29, 1.82) is 0 Å². The van der Waals surface area contributed by atoms with Crippen LogP contribution in [0.4, 0.5) is 0 Å². The second kappa shape index (κ2) is 3.89. The van der Waals surface area contributed by atoms with Crippen LogP contribution in [0, 0.1) is 6.92 Å². The fraction of sp³-hybridized carbons (Fsp3) is 0.333. The van der Waals surface area contributed by atoms with Crippen molar-refractivity contribution >= 4 is 11.2 Å². The van der Waals surface area contributed by atoms with E-state index in [4.69, 9.17) is 0 Å². The van der Waals surface area contributed by atoms with Gasteiger partial charge in [-0.05, 0) is 18.6 Å². The number of hydrogen-bond acceptors (Lipinski definition) is 2. The Bertz CT molecular complexity index is 441. The number of imidazole rings is 1. The highest BCUT2D eigenvalue weighted by atomic mass is 16.1. The van der Waals surface area contributed by atoms with Crippen LogP contribution in [0.25, 0.3) is 11.2 Å². The van der Waals surface area contributed by atoms with Crippen molar-refractivity contribution < 1.29 is 0 Å². The molecule has 0 amide bonds. The number of nitrogens with zero attached hydrogens (tertiary/aromatic N) is 1. The molecule has 2 aromatic rings. The van der Waals surface area contributed by atoms with E-state index in [0.29, 0.717) is 5.65 Å². The van der Waals surface area contributed by atoms with Crippen LogP contribution in [0.5, 0.6) is 0 Å². The first-order valence-corrected chi connectivity index (χ1v) is 4.30. The molecule has 0 unspecified atom stereocenters. The van der Waals surface area contributed by atoms with E-state index >= 15 is 0 Å². The van der Waals surface area contributed by atoms with Crippen LogP contribution in [0.15, 0.2) is 17.1 Å². The zero-order chi connectivity index (χ0) is 9.84. The molecule has 0 radical (unpaired) electrons. The maximum atomic E-state index is 10.7. The summed E-state index contributed by atoms with van der Waals surface area (Å²) in [5.41, 5.74) is 2.20. The second-order valence-electron chi connectivity index (χ2n) is 2.49. The molecule has 0 saturated heterocycles. The number of H-pyrrole nitrogens is 2. The summed E-state index contributed by atoms with van der Waals surface area (Å²) < 4.78 is 0. The Morgan fingerprint density at radius 1 is 1.31 bits per heavy atom. The zero-order valence-electron chi connectivity index (χ0n) is 8.01. The van der Waals surface area contributed by atoms with Gasteiger partial charge in [0.25, 0.3) is 0 Å². The minimum Gasteiger partial charge on any atom is -0.304 e. The fourth-order valence-electron chi connectivity index (χ4n) is 1.03. The summed E-state index contributed by atoms with van der Waals surface area (Å²) in [4.78, 5) is 20.0. The first kappa shape index (κ1) is 9.51. The molecule has 0 aliphatic heterocycles. The van der Waals surface area contributed by atoms with E-state index in [0.717, 1.165) is 11.1 Å². The van der Waals surface area contributed by atoms with E-state index in [2.05, 4.69) is 15.0 Å². The van der Waals surface area contributed by atoms with Crippen LogP contribution < -0.4 is 5.69 Å². The quantitative estimate of drug-likeness (QED) is 0.645. The van der Waals surface area contributed by atoms with E-state index in [1.54, 1.807) is 6.20 Å². The van der Waals surface area contributed by atoms with Crippen molar-refractivity contribution in [2.24, 2.45) is 0 Å². The lowest BCUT2D eigenvalue weighted by Crippen LogP contribution is -1.99. The minimum absolute atomic E-state index is 0.210. The highest BCUT2D eigenvalue weighted by molar-refractivity contribution is 5.69. The molecule has 0 aliphatic carbocycles. The molecule has 0 aromatic carbocycles. The molecule has 4 heteroatoms. The third-order valence-corrected chi connectivity index (χ3v) is 1.50. The number of pyridine rings is 1. The van der Waals surface area contributed by atoms with Crippen molar-refractivity contribution in [3.63, 3.8) is 0 Å². The van der Waals surface area contributed by atoms with E-state index < -0.39 is 0 Å². The second-order valence-corrected chi connectivity index (χ2v) is 2.49. The Labute approximate surface area is 76.0 Å². The largest absolute Gasteiger partial charge is 0.325 e. The van der Waals surface area contributed by atoms with Crippen LogP contribution in [0.1, 0.15) is 19.4 Å². The van der Waals surface area contributed by atoms with Crippen molar-refractivity contribution in [3.8, 4) is 0 Å². The molecule has 0 saturated carbocycles. The molecule has 2 rings (SSSR count). The first-order valence-electron chi connectivity index (χ1n) is 4.30. The van der Waals surface area contributed by atoms with Crippen LogP contribution in [0.3, 0.4) is 0 Å². The maximum Gasteiger partial charge on any atom is 0.325 e. The van der Waals surface area contributed by atoms with Gasteiger partial charge in [0.05, 0.1) is 5.52 Å². The van der Waals surface area contributed by atoms with Gasteiger partial charge >= 0.3 is 5.69 Å². The maximum absolute atomic E-state index is 10.7. The Balaban J connectivity index is 0.000000396. The number of hydrogen-bond donors (Lipinski definition) is 2. The summed E-state index contributed by atoms with van der Waals surface area (Å²) in [6.45, 7) is 5.93. The molecule has 0 spiro atoms. The number of aryl methyl sites for hydroxylation is 1. The lowest BCUT2D eigenvalue weighted by molar-refractivity contribution is 1.20. The fourth-order valence-corrected chi connectivity index (χ4v) is 1.03. The van der Waals surface area contributed by atoms with Crippen LogP contribution in [-0.2, 0) is 0 Å². The van der Waals surface area contributed by atoms with Gasteiger partial charge < -0.3 is 4.98 Å². The van der Waals surface area contributed by atoms with Crippen molar-refractivity contribution in [3.05, 3.63) is 28.3 Å². The number of aromatic amines is 2. The van der Waals surface area contributed by atoms with Gasteiger partial charge in [-0.3, -0.25) is 4.98 Å². The van der Waals surface area contributed by atoms with Crippen molar-refractivity contribution in [2.45, 2.75) is 20.8 Å². The van der Waals surface area contributed by atoms with Crippen LogP contribution >= 0.6 is 0 Å². The first-order chi connectivity index (χ1) is 6.25. The molecule has 0 bridgehead atoms. The van der Waals surface area contributed by atoms with E-state index in [1.807, 2.05) is 26.8 Å². The van der Waals surface area contributed by atoms with Gasteiger partial charge in [0.2, 0.25) is 0 Å². The standard InChI is InChI=1S/C7H7N3O.C2H6/c1-4-2-5-6(8-3-4)10-7(11)9-5;1-2/h2-3H,1H3,(H2,8,9,10,11);1-2H3. The summed E-state index contributed by atoms with van der Waals surface area (Å²) in [5.74, 6) is 0. The van der Waals surface area contributed by atoms with E-state index in [9.17, 15) is 4.79 Å². The number of fused-ring (bicyclic) bond motifs is 1. The average molecular weight is 179 g/mol. The SMILES string of the molecule is CC.Cc1cnc2[nH]c(=O)[nH]c2c1. The summed E-state index contributed by atoms with van der Waals surface area (Å²) in [7, 11) is 0. The lowest BCUT2D eigenvalue weighted by Gasteiger charge is -1.88. The Morgan fingerprint density at radius 2 is 2.00 bits per heavy atom. The van der Waals surface area contributed by atoms with Gasteiger partial charge in [-0.25, -0.2) is 9.78 Å². The lowest BCUT2D eigenvalue weighted by atomic mass is 10.3. The monoisotopic (exact) mass is 179 g/mol. The van der Waals surface area contributed by atoms with Crippen molar-refractivity contribution in [2.75, 3.05) is 0 Å². The van der Waals surface area contributed by atoms with Crippen LogP contribution in [-0.4, -0.2) is 15.0 Å². The number of nitrogens with one attached hydrogen (secondary N) is 2. The van der Waals surface area contributed by atoms with Gasteiger partial charge in [0.15, 0.2) is 5.65 Å².